The standard InChI is InChI=1S/C17H23NO3/c1-3-21-17(19)13-4-7-16-15-6-5-14(20-2)10-12(15)8-9-18(16)11-13/h5-6,10,13,16H,3-4,7-9,11H2,1-2H3/t13-,16-/m0/s1. The van der Waals surface area contributed by atoms with Crippen molar-refractivity contribution in [2.45, 2.75) is 32.2 Å². The molecule has 0 spiro atoms. The van der Waals surface area contributed by atoms with Crippen LogP contribution in [0.5, 0.6) is 5.75 Å². The lowest BCUT2D eigenvalue weighted by molar-refractivity contribution is -0.150. The minimum atomic E-state index is -0.0310. The Labute approximate surface area is 126 Å². The molecule has 1 aromatic carbocycles. The van der Waals surface area contributed by atoms with Gasteiger partial charge in [0.05, 0.1) is 19.6 Å². The Balaban J connectivity index is 1.75. The van der Waals surface area contributed by atoms with Gasteiger partial charge in [-0.25, -0.2) is 0 Å². The number of esters is 1. The molecular formula is C17H23NO3. The van der Waals surface area contributed by atoms with E-state index in [0.717, 1.165) is 38.1 Å². The summed E-state index contributed by atoms with van der Waals surface area (Å²) < 4.78 is 10.5. The van der Waals surface area contributed by atoms with Crippen LogP contribution in [0.25, 0.3) is 0 Å². The van der Waals surface area contributed by atoms with Gasteiger partial charge in [-0.3, -0.25) is 9.69 Å². The molecule has 1 aromatic rings. The molecule has 2 heterocycles. The molecule has 2 aliphatic heterocycles. The molecule has 0 aromatic heterocycles. The average molecular weight is 289 g/mol. The molecule has 1 fully saturated rings. The second-order valence-electron chi connectivity index (χ2n) is 5.85. The number of carbonyl (C=O) groups excluding carboxylic acids is 1. The fraction of sp³-hybridized carbons (Fsp3) is 0.588. The SMILES string of the molecule is CCOC(=O)[C@H]1CC[C@H]2c3ccc(OC)cc3CCN2C1. The molecule has 1 saturated heterocycles. The summed E-state index contributed by atoms with van der Waals surface area (Å²) in [5.74, 6) is 0.944. The monoisotopic (exact) mass is 289 g/mol. The van der Waals surface area contributed by atoms with Crippen molar-refractivity contribution in [2.24, 2.45) is 5.92 Å². The highest BCUT2D eigenvalue weighted by Crippen LogP contribution is 2.39. The minimum Gasteiger partial charge on any atom is -0.497 e. The highest BCUT2D eigenvalue weighted by Gasteiger charge is 2.36. The van der Waals surface area contributed by atoms with E-state index in [2.05, 4.69) is 17.0 Å². The number of rotatable bonds is 3. The summed E-state index contributed by atoms with van der Waals surface area (Å²) in [7, 11) is 1.71. The second kappa shape index (κ2) is 6.06. The Morgan fingerprint density at radius 2 is 2.24 bits per heavy atom. The number of fused-ring (bicyclic) bond motifs is 3. The van der Waals surface area contributed by atoms with Gasteiger partial charge in [-0.15, -0.1) is 0 Å². The van der Waals surface area contributed by atoms with Crippen LogP contribution >= 0.6 is 0 Å². The molecule has 2 atom stereocenters. The largest absolute Gasteiger partial charge is 0.497 e. The molecule has 114 valence electrons. The Hall–Kier alpha value is -1.55. The Morgan fingerprint density at radius 3 is 3.00 bits per heavy atom. The molecule has 0 unspecified atom stereocenters. The molecule has 3 rings (SSSR count). The first-order valence-electron chi connectivity index (χ1n) is 7.80. The molecule has 0 bridgehead atoms. The second-order valence-corrected chi connectivity index (χ2v) is 5.85. The van der Waals surface area contributed by atoms with Crippen LogP contribution in [0.15, 0.2) is 18.2 Å². The van der Waals surface area contributed by atoms with Gasteiger partial charge in [-0.1, -0.05) is 6.07 Å². The van der Waals surface area contributed by atoms with Gasteiger partial charge in [0, 0.05) is 19.1 Å². The minimum absolute atomic E-state index is 0.0310. The van der Waals surface area contributed by atoms with Gasteiger partial charge < -0.3 is 9.47 Å². The zero-order chi connectivity index (χ0) is 14.8. The quantitative estimate of drug-likeness (QED) is 0.802. The summed E-state index contributed by atoms with van der Waals surface area (Å²) >= 11 is 0. The lowest BCUT2D eigenvalue weighted by Crippen LogP contribution is -2.44. The van der Waals surface area contributed by atoms with Crippen LogP contribution in [-0.2, 0) is 16.0 Å². The zero-order valence-corrected chi connectivity index (χ0v) is 12.8. The van der Waals surface area contributed by atoms with E-state index < -0.39 is 0 Å². The highest BCUT2D eigenvalue weighted by atomic mass is 16.5. The normalized spacial score (nSPS) is 24.9. The van der Waals surface area contributed by atoms with Crippen LogP contribution < -0.4 is 4.74 Å². The highest BCUT2D eigenvalue weighted by molar-refractivity contribution is 5.72. The maximum atomic E-state index is 11.9. The molecular weight excluding hydrogens is 266 g/mol. The zero-order valence-electron chi connectivity index (χ0n) is 12.8. The summed E-state index contributed by atoms with van der Waals surface area (Å²) in [6.07, 6.45) is 2.98. The van der Waals surface area contributed by atoms with Gasteiger partial charge in [0.1, 0.15) is 5.75 Å². The maximum Gasteiger partial charge on any atom is 0.310 e. The van der Waals surface area contributed by atoms with Gasteiger partial charge in [0.15, 0.2) is 0 Å². The molecule has 0 aliphatic carbocycles. The average Bonchev–Trinajstić information content (AvgIpc) is 2.53. The van der Waals surface area contributed by atoms with Crippen LogP contribution in [-0.4, -0.2) is 37.7 Å². The molecule has 2 aliphatic rings. The maximum absolute atomic E-state index is 11.9. The van der Waals surface area contributed by atoms with Crippen molar-refractivity contribution < 1.29 is 14.3 Å². The van der Waals surface area contributed by atoms with Crippen molar-refractivity contribution in [1.82, 2.24) is 4.90 Å². The fourth-order valence-corrected chi connectivity index (χ4v) is 3.61. The lowest BCUT2D eigenvalue weighted by Gasteiger charge is -2.42. The van der Waals surface area contributed by atoms with Crippen molar-refractivity contribution >= 4 is 5.97 Å². The van der Waals surface area contributed by atoms with Gasteiger partial charge in [-0.05, 0) is 49.4 Å². The van der Waals surface area contributed by atoms with Crippen molar-refractivity contribution in [1.29, 1.82) is 0 Å². The third kappa shape index (κ3) is 2.77. The predicted octanol–water partition coefficient (Wildman–Crippen LogP) is 2.57. The number of hydrogen-bond acceptors (Lipinski definition) is 4. The number of piperidine rings is 1. The Bertz CT molecular complexity index is 529. The third-order valence-corrected chi connectivity index (χ3v) is 4.68. The molecule has 4 nitrogen and oxygen atoms in total. The fourth-order valence-electron chi connectivity index (χ4n) is 3.61. The van der Waals surface area contributed by atoms with Gasteiger partial charge in [-0.2, -0.15) is 0 Å². The molecule has 0 amide bonds. The number of methoxy groups -OCH3 is 1. The first-order valence-corrected chi connectivity index (χ1v) is 7.80. The van der Waals surface area contributed by atoms with Crippen molar-refractivity contribution in [2.75, 3.05) is 26.8 Å². The van der Waals surface area contributed by atoms with E-state index in [0.29, 0.717) is 12.6 Å². The van der Waals surface area contributed by atoms with Crippen molar-refractivity contribution in [3.63, 3.8) is 0 Å². The Morgan fingerprint density at radius 1 is 1.38 bits per heavy atom. The van der Waals surface area contributed by atoms with Gasteiger partial charge in [0.2, 0.25) is 0 Å². The number of ether oxygens (including phenoxy) is 2. The Kier molecular flexibility index (Phi) is 4.15. The van der Waals surface area contributed by atoms with E-state index in [1.165, 1.54) is 11.1 Å². The van der Waals surface area contributed by atoms with Crippen LogP contribution in [0.2, 0.25) is 0 Å². The van der Waals surface area contributed by atoms with Crippen molar-refractivity contribution in [3.8, 4) is 5.75 Å². The first kappa shape index (κ1) is 14.4. The van der Waals surface area contributed by atoms with Gasteiger partial charge >= 0.3 is 5.97 Å². The first-order chi connectivity index (χ1) is 10.2. The summed E-state index contributed by atoms with van der Waals surface area (Å²) in [4.78, 5) is 14.4. The van der Waals surface area contributed by atoms with Crippen LogP contribution in [0.1, 0.15) is 36.9 Å². The van der Waals surface area contributed by atoms with E-state index in [9.17, 15) is 4.79 Å². The number of carbonyl (C=O) groups is 1. The molecule has 0 radical (unpaired) electrons. The summed E-state index contributed by atoms with van der Waals surface area (Å²) in [6.45, 7) is 4.19. The van der Waals surface area contributed by atoms with Crippen LogP contribution in [0.4, 0.5) is 0 Å². The van der Waals surface area contributed by atoms with E-state index in [1.807, 2.05) is 13.0 Å². The molecule has 21 heavy (non-hydrogen) atoms. The number of benzene rings is 1. The molecule has 0 N–H and O–H groups in total. The van der Waals surface area contributed by atoms with Crippen LogP contribution in [0, 0.1) is 5.92 Å². The predicted molar refractivity (Wildman–Crippen MR) is 80.4 cm³/mol. The topological polar surface area (TPSA) is 38.8 Å². The summed E-state index contributed by atoms with van der Waals surface area (Å²) in [6, 6.07) is 6.84. The van der Waals surface area contributed by atoms with E-state index >= 15 is 0 Å². The number of hydrogen-bond donors (Lipinski definition) is 0. The number of nitrogens with zero attached hydrogens (tertiary/aromatic N) is 1. The van der Waals surface area contributed by atoms with Crippen LogP contribution in [0.3, 0.4) is 0 Å². The summed E-state index contributed by atoms with van der Waals surface area (Å²) in [5.41, 5.74) is 2.80. The third-order valence-electron chi connectivity index (χ3n) is 4.68. The molecule has 4 heteroatoms. The molecule has 0 saturated carbocycles. The van der Waals surface area contributed by atoms with E-state index in [4.69, 9.17) is 9.47 Å². The van der Waals surface area contributed by atoms with Crippen molar-refractivity contribution in [3.05, 3.63) is 29.3 Å². The lowest BCUT2D eigenvalue weighted by atomic mass is 9.83. The van der Waals surface area contributed by atoms with Gasteiger partial charge in [0.25, 0.3) is 0 Å². The summed E-state index contributed by atoms with van der Waals surface area (Å²) in [5, 5.41) is 0. The van der Waals surface area contributed by atoms with E-state index in [-0.39, 0.29) is 11.9 Å². The smallest absolute Gasteiger partial charge is 0.310 e. The van der Waals surface area contributed by atoms with E-state index in [1.54, 1.807) is 7.11 Å².